The van der Waals surface area contributed by atoms with Gasteiger partial charge in [0.2, 0.25) is 10.0 Å². The molecule has 0 spiro atoms. The Hall–Kier alpha value is -2.79. The summed E-state index contributed by atoms with van der Waals surface area (Å²) in [6.07, 6.45) is 2.39. The highest BCUT2D eigenvalue weighted by molar-refractivity contribution is 7.89. The van der Waals surface area contributed by atoms with E-state index in [9.17, 15) is 13.2 Å². The molecule has 10 heteroatoms. The number of carbonyl (C=O) groups excluding carboxylic acids is 1. The van der Waals surface area contributed by atoms with Crippen molar-refractivity contribution in [1.29, 1.82) is 0 Å². The zero-order chi connectivity index (χ0) is 22.8. The number of morpholine rings is 1. The van der Waals surface area contributed by atoms with Crippen LogP contribution in [-0.2, 0) is 27.7 Å². The van der Waals surface area contributed by atoms with Gasteiger partial charge in [-0.05, 0) is 53.8 Å². The van der Waals surface area contributed by atoms with Gasteiger partial charge in [-0.1, -0.05) is 6.07 Å². The number of benzene rings is 1. The molecule has 0 bridgehead atoms. The molecule has 1 aromatic carbocycles. The first-order chi connectivity index (χ1) is 16.0. The molecule has 8 nitrogen and oxygen atoms in total. The number of nitrogens with zero attached hydrogens (tertiary/aromatic N) is 3. The number of nitrogens with one attached hydrogen (secondary N) is 1. The summed E-state index contributed by atoms with van der Waals surface area (Å²) < 4.78 is 33.5. The van der Waals surface area contributed by atoms with E-state index in [-0.39, 0.29) is 16.4 Å². The van der Waals surface area contributed by atoms with Gasteiger partial charge < -0.3 is 15.0 Å². The molecular formula is C23H24N4O4S2. The van der Waals surface area contributed by atoms with E-state index < -0.39 is 10.0 Å². The van der Waals surface area contributed by atoms with E-state index in [0.717, 1.165) is 5.56 Å². The number of thiophene rings is 1. The number of aromatic nitrogens is 1. The summed E-state index contributed by atoms with van der Waals surface area (Å²) in [6.45, 7) is 3.38. The van der Waals surface area contributed by atoms with Gasteiger partial charge in [0, 0.05) is 42.8 Å². The summed E-state index contributed by atoms with van der Waals surface area (Å²) in [5.41, 5.74) is 1.91. The second-order valence-electron chi connectivity index (χ2n) is 7.91. The van der Waals surface area contributed by atoms with E-state index in [1.54, 1.807) is 47.9 Å². The zero-order valence-electron chi connectivity index (χ0n) is 17.9. The molecule has 1 N–H and O–H groups in total. The van der Waals surface area contributed by atoms with E-state index in [4.69, 9.17) is 4.74 Å². The molecule has 1 fully saturated rings. The first-order valence-electron chi connectivity index (χ1n) is 10.8. The van der Waals surface area contributed by atoms with Crippen LogP contribution < -0.4 is 10.2 Å². The van der Waals surface area contributed by atoms with Crippen LogP contribution in [0.4, 0.5) is 11.5 Å². The van der Waals surface area contributed by atoms with Gasteiger partial charge in [-0.3, -0.25) is 4.79 Å². The summed E-state index contributed by atoms with van der Waals surface area (Å²) in [5.74, 6) is 0.297. The molecule has 0 saturated carbocycles. The van der Waals surface area contributed by atoms with E-state index in [0.29, 0.717) is 57.3 Å². The standard InChI is InChI=1S/C23H24N4O4S2/c28-23(25-20-5-2-8-24-22(20)26-10-12-31-13-11-26)17-3-1-4-19(15-17)33(29,30)27-9-6-21-18(16-27)7-14-32-21/h1-5,7-8,14-15H,6,9-13,16H2,(H,25,28). The molecular weight excluding hydrogens is 460 g/mol. The largest absolute Gasteiger partial charge is 0.378 e. The summed E-state index contributed by atoms with van der Waals surface area (Å²) in [7, 11) is -3.71. The fourth-order valence-electron chi connectivity index (χ4n) is 4.09. The molecule has 0 unspecified atom stereocenters. The number of hydrogen-bond donors (Lipinski definition) is 1. The fourth-order valence-corrected chi connectivity index (χ4v) is 6.45. The monoisotopic (exact) mass is 484 g/mol. The van der Waals surface area contributed by atoms with Crippen LogP contribution in [-0.4, -0.2) is 56.5 Å². The molecule has 2 aromatic heterocycles. The number of pyridine rings is 1. The van der Waals surface area contributed by atoms with Crippen LogP contribution in [0.25, 0.3) is 0 Å². The van der Waals surface area contributed by atoms with Crippen LogP contribution in [0.5, 0.6) is 0 Å². The quantitative estimate of drug-likeness (QED) is 0.599. The van der Waals surface area contributed by atoms with Crippen LogP contribution in [0.3, 0.4) is 0 Å². The maximum atomic E-state index is 13.3. The van der Waals surface area contributed by atoms with Crippen LogP contribution in [0.1, 0.15) is 20.8 Å². The highest BCUT2D eigenvalue weighted by Crippen LogP contribution is 2.29. The number of anilines is 2. The number of carbonyl (C=O) groups is 1. The van der Waals surface area contributed by atoms with Gasteiger partial charge in [-0.25, -0.2) is 13.4 Å². The second-order valence-corrected chi connectivity index (χ2v) is 10.9. The van der Waals surface area contributed by atoms with Crippen molar-refractivity contribution in [2.75, 3.05) is 43.1 Å². The van der Waals surface area contributed by atoms with Crippen molar-refractivity contribution in [1.82, 2.24) is 9.29 Å². The topological polar surface area (TPSA) is 91.8 Å². The third-order valence-corrected chi connectivity index (χ3v) is 8.72. The van der Waals surface area contributed by atoms with Crippen LogP contribution in [0, 0.1) is 0 Å². The first-order valence-corrected chi connectivity index (χ1v) is 13.1. The molecule has 1 amide bonds. The first kappa shape index (κ1) is 22.0. The molecule has 172 valence electrons. The van der Waals surface area contributed by atoms with Crippen LogP contribution in [0.2, 0.25) is 0 Å². The predicted molar refractivity (Wildman–Crippen MR) is 127 cm³/mol. The van der Waals surface area contributed by atoms with E-state index in [1.807, 2.05) is 11.4 Å². The van der Waals surface area contributed by atoms with Crippen LogP contribution in [0.15, 0.2) is 58.9 Å². The molecule has 0 atom stereocenters. The van der Waals surface area contributed by atoms with Crippen molar-refractivity contribution in [3.05, 3.63) is 70.0 Å². The second kappa shape index (κ2) is 9.22. The van der Waals surface area contributed by atoms with Gasteiger partial charge in [0.25, 0.3) is 5.91 Å². The molecule has 0 radical (unpaired) electrons. The summed E-state index contributed by atoms with van der Waals surface area (Å²) in [4.78, 5) is 20.9. The van der Waals surface area contributed by atoms with Crippen molar-refractivity contribution >= 4 is 38.8 Å². The lowest BCUT2D eigenvalue weighted by atomic mass is 10.1. The predicted octanol–water partition coefficient (Wildman–Crippen LogP) is 2.98. The Labute approximate surface area is 196 Å². The number of sulfonamides is 1. The average molecular weight is 485 g/mol. The van der Waals surface area contributed by atoms with Crippen LogP contribution >= 0.6 is 11.3 Å². The van der Waals surface area contributed by atoms with Crippen molar-refractivity contribution < 1.29 is 17.9 Å². The van der Waals surface area contributed by atoms with E-state index >= 15 is 0 Å². The molecule has 33 heavy (non-hydrogen) atoms. The number of amides is 1. The van der Waals surface area contributed by atoms with Gasteiger partial charge in [-0.2, -0.15) is 4.31 Å². The Morgan fingerprint density at radius 1 is 1.09 bits per heavy atom. The molecule has 5 rings (SSSR count). The van der Waals surface area contributed by atoms with Gasteiger partial charge in [0.1, 0.15) is 0 Å². The van der Waals surface area contributed by atoms with Crippen molar-refractivity contribution in [3.63, 3.8) is 0 Å². The molecule has 1 saturated heterocycles. The minimum atomic E-state index is -3.71. The Bertz CT molecular complexity index is 1270. The lowest BCUT2D eigenvalue weighted by Gasteiger charge is -2.29. The normalized spacial score (nSPS) is 16.9. The number of fused-ring (bicyclic) bond motifs is 1. The fraction of sp³-hybridized carbons (Fsp3) is 0.304. The minimum absolute atomic E-state index is 0.119. The summed E-state index contributed by atoms with van der Waals surface area (Å²) >= 11 is 1.66. The smallest absolute Gasteiger partial charge is 0.255 e. The Morgan fingerprint density at radius 2 is 1.94 bits per heavy atom. The third kappa shape index (κ3) is 4.51. The van der Waals surface area contributed by atoms with Gasteiger partial charge in [-0.15, -0.1) is 11.3 Å². The van der Waals surface area contributed by atoms with Gasteiger partial charge in [0.05, 0.1) is 23.8 Å². The molecule has 3 aromatic rings. The minimum Gasteiger partial charge on any atom is -0.378 e. The maximum Gasteiger partial charge on any atom is 0.255 e. The summed E-state index contributed by atoms with van der Waals surface area (Å²) in [5, 5.41) is 4.90. The van der Waals surface area contributed by atoms with Gasteiger partial charge >= 0.3 is 0 Å². The molecule has 2 aliphatic heterocycles. The number of ether oxygens (including phenoxy) is 1. The third-order valence-electron chi connectivity index (χ3n) is 5.85. The average Bonchev–Trinajstić information content (AvgIpc) is 3.33. The van der Waals surface area contributed by atoms with Crippen molar-refractivity contribution in [2.24, 2.45) is 0 Å². The Balaban J connectivity index is 1.36. The number of rotatable bonds is 5. The van der Waals surface area contributed by atoms with E-state index in [1.165, 1.54) is 15.2 Å². The Kier molecular flexibility index (Phi) is 6.15. The zero-order valence-corrected chi connectivity index (χ0v) is 19.6. The lowest BCUT2D eigenvalue weighted by molar-refractivity contribution is 0.102. The number of hydrogen-bond acceptors (Lipinski definition) is 7. The summed E-state index contributed by atoms with van der Waals surface area (Å²) in [6, 6.07) is 11.7. The van der Waals surface area contributed by atoms with Gasteiger partial charge in [0.15, 0.2) is 5.82 Å². The maximum absolute atomic E-state index is 13.3. The van der Waals surface area contributed by atoms with Crippen molar-refractivity contribution in [3.8, 4) is 0 Å². The molecule has 4 heterocycles. The highest BCUT2D eigenvalue weighted by atomic mass is 32.2. The van der Waals surface area contributed by atoms with Crippen molar-refractivity contribution in [2.45, 2.75) is 17.9 Å². The van der Waals surface area contributed by atoms with E-state index in [2.05, 4.69) is 15.2 Å². The molecule has 2 aliphatic rings. The molecule has 0 aliphatic carbocycles. The Morgan fingerprint density at radius 3 is 2.79 bits per heavy atom. The SMILES string of the molecule is O=C(Nc1cccnc1N1CCOCC1)c1cccc(S(=O)(=O)N2CCc3sccc3C2)c1. The highest BCUT2D eigenvalue weighted by Gasteiger charge is 2.29. The lowest BCUT2D eigenvalue weighted by Crippen LogP contribution is -2.37.